The van der Waals surface area contributed by atoms with Gasteiger partial charge in [-0.1, -0.05) is 22.0 Å². The molecule has 1 aromatic rings. The van der Waals surface area contributed by atoms with Gasteiger partial charge in [0.1, 0.15) is 12.4 Å². The summed E-state index contributed by atoms with van der Waals surface area (Å²) < 4.78 is 33.8. The van der Waals surface area contributed by atoms with E-state index < -0.39 is 13.0 Å². The number of ether oxygens (including phenoxy) is 2. The second-order valence-corrected chi connectivity index (χ2v) is 5.05. The molecule has 102 valence electrons. The molecule has 5 heteroatoms. The molecule has 0 aliphatic rings. The molecule has 18 heavy (non-hydrogen) atoms. The number of benzene rings is 1. The lowest BCUT2D eigenvalue weighted by Gasteiger charge is -2.14. The van der Waals surface area contributed by atoms with Crippen molar-refractivity contribution in [3.63, 3.8) is 0 Å². The Morgan fingerprint density at radius 1 is 1.33 bits per heavy atom. The van der Waals surface area contributed by atoms with Crippen LogP contribution in [0, 0.1) is 6.92 Å². The molecule has 1 rings (SSSR count). The van der Waals surface area contributed by atoms with Gasteiger partial charge in [-0.25, -0.2) is 8.78 Å². The van der Waals surface area contributed by atoms with Gasteiger partial charge in [0, 0.05) is 11.4 Å². The molecule has 0 aromatic heterocycles. The molecule has 1 aromatic carbocycles. The second-order valence-electron chi connectivity index (χ2n) is 3.94. The Balaban J connectivity index is 2.48. The molecule has 0 fully saturated rings. The fraction of sp³-hybridized carbons (Fsp3) is 0.538. The van der Waals surface area contributed by atoms with Crippen molar-refractivity contribution in [2.24, 2.45) is 0 Å². The number of hydrogen-bond acceptors (Lipinski definition) is 2. The monoisotopic (exact) mass is 322 g/mol. The van der Waals surface area contributed by atoms with Gasteiger partial charge in [0.25, 0.3) is 6.43 Å². The van der Waals surface area contributed by atoms with Crippen LogP contribution < -0.4 is 4.74 Å². The van der Waals surface area contributed by atoms with Crippen molar-refractivity contribution in [3.05, 3.63) is 29.3 Å². The van der Waals surface area contributed by atoms with Gasteiger partial charge in [0.05, 0.1) is 7.11 Å². The van der Waals surface area contributed by atoms with E-state index in [0.717, 1.165) is 16.9 Å². The molecule has 0 radical (unpaired) electrons. The van der Waals surface area contributed by atoms with Crippen molar-refractivity contribution in [2.45, 2.75) is 24.6 Å². The molecule has 1 atom stereocenters. The quantitative estimate of drug-likeness (QED) is 0.555. The van der Waals surface area contributed by atoms with Gasteiger partial charge in [-0.15, -0.1) is 0 Å². The summed E-state index contributed by atoms with van der Waals surface area (Å²) in [6, 6.07) is 5.81. The molecule has 0 saturated carbocycles. The molecule has 0 heterocycles. The third-order valence-electron chi connectivity index (χ3n) is 2.57. The second kappa shape index (κ2) is 7.69. The summed E-state index contributed by atoms with van der Waals surface area (Å²) in [6.07, 6.45) is -1.75. The highest BCUT2D eigenvalue weighted by molar-refractivity contribution is 9.09. The summed E-state index contributed by atoms with van der Waals surface area (Å²) in [5.41, 5.74) is 2.22. The number of alkyl halides is 3. The average Bonchev–Trinajstić information content (AvgIpc) is 2.33. The van der Waals surface area contributed by atoms with E-state index in [1.807, 2.05) is 25.1 Å². The lowest BCUT2D eigenvalue weighted by Crippen LogP contribution is -2.07. The standard InChI is InChI=1S/C13H17BrF2O2/c1-9-7-10(17-2)3-4-11(9)12(14)5-6-18-8-13(15)16/h3-4,7,12-13H,5-6,8H2,1-2H3. The zero-order valence-electron chi connectivity index (χ0n) is 10.5. The highest BCUT2D eigenvalue weighted by atomic mass is 79.9. The molecule has 0 N–H and O–H groups in total. The van der Waals surface area contributed by atoms with Crippen molar-refractivity contribution in [2.75, 3.05) is 20.3 Å². The lowest BCUT2D eigenvalue weighted by molar-refractivity contribution is 0.0167. The first kappa shape index (κ1) is 15.4. The summed E-state index contributed by atoms with van der Waals surface area (Å²) in [5, 5.41) is 0. The topological polar surface area (TPSA) is 18.5 Å². The maximum atomic E-state index is 11.9. The van der Waals surface area contributed by atoms with Gasteiger partial charge in [0.15, 0.2) is 0 Å². The SMILES string of the molecule is COc1ccc(C(Br)CCOCC(F)F)c(C)c1. The summed E-state index contributed by atoms with van der Waals surface area (Å²) >= 11 is 3.54. The van der Waals surface area contributed by atoms with Crippen LogP contribution in [-0.4, -0.2) is 26.7 Å². The van der Waals surface area contributed by atoms with Crippen molar-refractivity contribution in [3.8, 4) is 5.75 Å². The molecule has 2 nitrogen and oxygen atoms in total. The average molecular weight is 323 g/mol. The fourth-order valence-corrected chi connectivity index (χ4v) is 2.34. The van der Waals surface area contributed by atoms with Crippen molar-refractivity contribution in [1.82, 2.24) is 0 Å². The lowest BCUT2D eigenvalue weighted by atomic mass is 10.0. The third kappa shape index (κ3) is 4.90. The maximum absolute atomic E-state index is 11.9. The first-order chi connectivity index (χ1) is 8.54. The van der Waals surface area contributed by atoms with E-state index in [9.17, 15) is 8.78 Å². The van der Waals surface area contributed by atoms with E-state index in [2.05, 4.69) is 15.9 Å². The van der Waals surface area contributed by atoms with Gasteiger partial charge in [-0.3, -0.25) is 0 Å². The zero-order valence-corrected chi connectivity index (χ0v) is 12.0. The summed E-state index contributed by atoms with van der Waals surface area (Å²) in [5.74, 6) is 0.810. The minimum absolute atomic E-state index is 0.0982. The van der Waals surface area contributed by atoms with Crippen LogP contribution in [0.4, 0.5) is 8.78 Å². The number of methoxy groups -OCH3 is 1. The van der Waals surface area contributed by atoms with Gasteiger partial charge < -0.3 is 9.47 Å². The number of aryl methyl sites for hydroxylation is 1. The molecule has 1 unspecified atom stereocenters. The molecule has 0 amide bonds. The summed E-state index contributed by atoms with van der Waals surface area (Å²) in [6.45, 7) is 1.80. The highest BCUT2D eigenvalue weighted by Gasteiger charge is 2.11. The largest absolute Gasteiger partial charge is 0.497 e. The van der Waals surface area contributed by atoms with Crippen molar-refractivity contribution >= 4 is 15.9 Å². The molecular formula is C13H17BrF2O2. The molecule has 0 bridgehead atoms. The molecule has 0 saturated heterocycles. The van der Waals surface area contributed by atoms with Crippen LogP contribution in [0.5, 0.6) is 5.75 Å². The molecule has 0 aliphatic carbocycles. The Bertz CT molecular complexity index is 372. The Kier molecular flexibility index (Phi) is 6.57. The summed E-state index contributed by atoms with van der Waals surface area (Å²) in [4.78, 5) is 0.0982. The fourth-order valence-electron chi connectivity index (χ4n) is 1.64. The van der Waals surface area contributed by atoms with E-state index in [1.165, 1.54) is 0 Å². The minimum Gasteiger partial charge on any atom is -0.497 e. The smallest absolute Gasteiger partial charge is 0.261 e. The van der Waals surface area contributed by atoms with Crippen LogP contribution in [0.2, 0.25) is 0 Å². The van der Waals surface area contributed by atoms with E-state index in [4.69, 9.17) is 9.47 Å². The highest BCUT2D eigenvalue weighted by Crippen LogP contribution is 2.31. The van der Waals surface area contributed by atoms with Gasteiger partial charge in [0.2, 0.25) is 0 Å². The van der Waals surface area contributed by atoms with Gasteiger partial charge in [-0.2, -0.15) is 0 Å². The maximum Gasteiger partial charge on any atom is 0.261 e. The third-order valence-corrected chi connectivity index (χ3v) is 3.52. The van der Waals surface area contributed by atoms with Gasteiger partial charge in [-0.05, 0) is 36.6 Å². The Labute approximate surface area is 114 Å². The van der Waals surface area contributed by atoms with Crippen LogP contribution >= 0.6 is 15.9 Å². The van der Waals surface area contributed by atoms with E-state index >= 15 is 0 Å². The summed E-state index contributed by atoms with van der Waals surface area (Å²) in [7, 11) is 1.62. The first-order valence-corrected chi connectivity index (χ1v) is 6.60. The normalized spacial score (nSPS) is 12.8. The molecular weight excluding hydrogens is 306 g/mol. The van der Waals surface area contributed by atoms with Crippen LogP contribution in [-0.2, 0) is 4.74 Å². The first-order valence-electron chi connectivity index (χ1n) is 5.69. The predicted molar refractivity (Wildman–Crippen MR) is 70.8 cm³/mol. The van der Waals surface area contributed by atoms with Crippen LogP contribution in [0.15, 0.2) is 18.2 Å². The van der Waals surface area contributed by atoms with Crippen molar-refractivity contribution in [1.29, 1.82) is 0 Å². The van der Waals surface area contributed by atoms with Gasteiger partial charge >= 0.3 is 0 Å². The van der Waals surface area contributed by atoms with Crippen molar-refractivity contribution < 1.29 is 18.3 Å². The van der Waals surface area contributed by atoms with Crippen LogP contribution in [0.3, 0.4) is 0 Å². The van der Waals surface area contributed by atoms with E-state index in [1.54, 1.807) is 7.11 Å². The van der Waals surface area contributed by atoms with E-state index in [-0.39, 0.29) is 4.83 Å². The van der Waals surface area contributed by atoms with E-state index in [0.29, 0.717) is 13.0 Å². The number of rotatable bonds is 7. The minimum atomic E-state index is -2.40. The number of hydrogen-bond donors (Lipinski definition) is 0. The Morgan fingerprint density at radius 3 is 2.61 bits per heavy atom. The Hall–Kier alpha value is -0.680. The molecule has 0 aliphatic heterocycles. The zero-order chi connectivity index (χ0) is 13.5. The molecule has 0 spiro atoms. The Morgan fingerprint density at radius 2 is 2.06 bits per heavy atom. The number of halogens is 3. The van der Waals surface area contributed by atoms with Crippen LogP contribution in [0.25, 0.3) is 0 Å². The predicted octanol–water partition coefficient (Wildman–Crippen LogP) is 4.11. The van der Waals surface area contributed by atoms with Crippen LogP contribution in [0.1, 0.15) is 22.4 Å².